The predicted octanol–water partition coefficient (Wildman–Crippen LogP) is 2.11. The van der Waals surface area contributed by atoms with E-state index in [-0.39, 0.29) is 0 Å². The first-order valence-electron chi connectivity index (χ1n) is 5.44. The molecule has 0 amide bonds. The molecule has 0 radical (unpaired) electrons. The van der Waals surface area contributed by atoms with Crippen molar-refractivity contribution in [2.45, 2.75) is 0 Å². The maximum atomic E-state index is 5.29. The summed E-state index contributed by atoms with van der Waals surface area (Å²) in [6, 6.07) is 9.70. The fraction of sp³-hybridized carbons (Fsp3) is 0.333. The molecule has 2 rings (SSSR count). The summed E-state index contributed by atoms with van der Waals surface area (Å²) >= 11 is 4.66. The second-order valence-electron chi connectivity index (χ2n) is 3.55. The smallest absolute Gasteiger partial charge is 0.235 e. The van der Waals surface area contributed by atoms with E-state index in [0.717, 1.165) is 18.8 Å². The van der Waals surface area contributed by atoms with Crippen molar-refractivity contribution in [1.82, 2.24) is 4.90 Å². The molecule has 1 aliphatic heterocycles. The van der Waals surface area contributed by atoms with Crippen LogP contribution >= 0.6 is 12.2 Å². The minimum absolute atomic E-state index is 0.606. The molecule has 0 unspecified atom stereocenters. The van der Waals surface area contributed by atoms with Gasteiger partial charge in [0.1, 0.15) is 0 Å². The number of ether oxygens (including phenoxy) is 1. The van der Waals surface area contributed by atoms with Gasteiger partial charge in [0, 0.05) is 13.1 Å². The lowest BCUT2D eigenvalue weighted by Crippen LogP contribution is -2.39. The van der Waals surface area contributed by atoms with Gasteiger partial charge in [-0.2, -0.15) is 4.99 Å². The molecule has 0 N–H and O–H groups in total. The summed E-state index contributed by atoms with van der Waals surface area (Å²) in [4.78, 5) is 10.5. The Hall–Kier alpha value is -1.55. The number of para-hydroxylation sites is 1. The summed E-state index contributed by atoms with van der Waals surface area (Å²) in [5.41, 5.74) is 0.864. The third-order valence-corrected chi connectivity index (χ3v) is 2.52. The highest BCUT2D eigenvalue weighted by Gasteiger charge is 2.14. The Labute approximate surface area is 106 Å². The molecule has 0 bridgehead atoms. The average molecular weight is 247 g/mol. The van der Waals surface area contributed by atoms with Crippen molar-refractivity contribution in [2.24, 2.45) is 9.98 Å². The lowest BCUT2D eigenvalue weighted by molar-refractivity contribution is 0.0676. The van der Waals surface area contributed by atoms with E-state index in [2.05, 4.69) is 32.3 Å². The molecule has 1 aliphatic rings. The van der Waals surface area contributed by atoms with E-state index in [9.17, 15) is 0 Å². The van der Waals surface area contributed by atoms with Crippen LogP contribution in [0.4, 0.5) is 5.69 Å². The molecule has 1 heterocycles. The van der Waals surface area contributed by atoms with Gasteiger partial charge in [-0.05, 0) is 24.4 Å². The van der Waals surface area contributed by atoms with Crippen molar-refractivity contribution in [1.29, 1.82) is 0 Å². The molecule has 1 aromatic carbocycles. The summed E-state index contributed by atoms with van der Waals surface area (Å²) in [6.07, 6.45) is 0. The molecule has 17 heavy (non-hydrogen) atoms. The third-order valence-electron chi connectivity index (χ3n) is 2.42. The van der Waals surface area contributed by atoms with Crippen molar-refractivity contribution < 1.29 is 4.74 Å². The van der Waals surface area contributed by atoms with Gasteiger partial charge in [0.15, 0.2) is 0 Å². The molecule has 5 heteroatoms. The number of nitrogens with zero attached hydrogens (tertiary/aromatic N) is 3. The van der Waals surface area contributed by atoms with Crippen molar-refractivity contribution in [3.8, 4) is 0 Å². The predicted molar refractivity (Wildman–Crippen MR) is 71.0 cm³/mol. The Morgan fingerprint density at radius 2 is 1.94 bits per heavy atom. The zero-order valence-corrected chi connectivity index (χ0v) is 10.2. The number of hydrogen-bond acceptors (Lipinski definition) is 3. The Morgan fingerprint density at radius 1 is 1.24 bits per heavy atom. The molecule has 0 spiro atoms. The number of isothiocyanates is 1. The van der Waals surface area contributed by atoms with Gasteiger partial charge < -0.3 is 9.64 Å². The monoisotopic (exact) mass is 247 g/mol. The molecule has 0 atom stereocenters. The topological polar surface area (TPSA) is 37.2 Å². The van der Waals surface area contributed by atoms with Crippen LogP contribution in [-0.4, -0.2) is 42.3 Å². The second kappa shape index (κ2) is 6.25. The molecule has 1 fully saturated rings. The maximum absolute atomic E-state index is 5.29. The van der Waals surface area contributed by atoms with Crippen LogP contribution in [0.5, 0.6) is 0 Å². The van der Waals surface area contributed by atoms with Crippen molar-refractivity contribution in [2.75, 3.05) is 26.3 Å². The van der Waals surface area contributed by atoms with E-state index in [1.54, 1.807) is 0 Å². The molecular weight excluding hydrogens is 234 g/mol. The van der Waals surface area contributed by atoms with Gasteiger partial charge in [0.2, 0.25) is 5.96 Å². The Bertz CT molecular complexity index is 434. The van der Waals surface area contributed by atoms with Crippen LogP contribution in [0, 0.1) is 0 Å². The SMILES string of the molecule is S=C=NC(=Nc1ccccc1)N1CCOCC1. The van der Waals surface area contributed by atoms with Crippen molar-refractivity contribution in [3.05, 3.63) is 30.3 Å². The van der Waals surface area contributed by atoms with Gasteiger partial charge in [0.05, 0.1) is 24.1 Å². The van der Waals surface area contributed by atoms with Gasteiger partial charge in [-0.3, -0.25) is 0 Å². The summed E-state index contributed by atoms with van der Waals surface area (Å²) < 4.78 is 5.29. The van der Waals surface area contributed by atoms with Crippen molar-refractivity contribution >= 4 is 29.0 Å². The number of hydrogen-bond donors (Lipinski definition) is 0. The highest BCUT2D eigenvalue weighted by molar-refractivity contribution is 7.78. The summed E-state index contributed by atoms with van der Waals surface area (Å²) in [7, 11) is 0. The standard InChI is InChI=1S/C12H13N3OS/c17-10-13-12(15-6-8-16-9-7-15)14-11-4-2-1-3-5-11/h1-5H,6-9H2. The van der Waals surface area contributed by atoms with E-state index in [1.807, 2.05) is 30.3 Å². The highest BCUT2D eigenvalue weighted by atomic mass is 32.1. The number of morpholine rings is 1. The average Bonchev–Trinajstić information content (AvgIpc) is 2.40. The number of guanidine groups is 1. The van der Waals surface area contributed by atoms with Crippen LogP contribution in [-0.2, 0) is 4.74 Å². The summed E-state index contributed by atoms with van der Waals surface area (Å²) in [5.74, 6) is 0.606. The summed E-state index contributed by atoms with van der Waals surface area (Å²) in [6.45, 7) is 2.96. The Morgan fingerprint density at radius 3 is 2.59 bits per heavy atom. The largest absolute Gasteiger partial charge is 0.378 e. The number of aliphatic imine (C=N–C) groups is 2. The van der Waals surface area contributed by atoms with Crippen LogP contribution in [0.1, 0.15) is 0 Å². The molecule has 0 saturated carbocycles. The molecule has 1 saturated heterocycles. The zero-order valence-electron chi connectivity index (χ0n) is 9.37. The van der Waals surface area contributed by atoms with Crippen LogP contribution in [0.15, 0.2) is 40.3 Å². The van der Waals surface area contributed by atoms with Crippen molar-refractivity contribution in [3.63, 3.8) is 0 Å². The second-order valence-corrected chi connectivity index (χ2v) is 3.73. The number of benzene rings is 1. The van der Waals surface area contributed by atoms with Crippen LogP contribution in [0.2, 0.25) is 0 Å². The third kappa shape index (κ3) is 3.46. The lowest BCUT2D eigenvalue weighted by Gasteiger charge is -2.27. The molecule has 88 valence electrons. The molecule has 0 aromatic heterocycles. The first-order valence-corrected chi connectivity index (χ1v) is 5.85. The van der Waals surface area contributed by atoms with Gasteiger partial charge in [-0.1, -0.05) is 18.2 Å². The zero-order chi connectivity index (χ0) is 11.9. The quantitative estimate of drug-likeness (QED) is 0.433. The Kier molecular flexibility index (Phi) is 4.38. The van der Waals surface area contributed by atoms with E-state index in [1.165, 1.54) is 0 Å². The lowest BCUT2D eigenvalue weighted by atomic mass is 10.3. The van der Waals surface area contributed by atoms with Crippen LogP contribution in [0.25, 0.3) is 0 Å². The van der Waals surface area contributed by atoms with E-state index >= 15 is 0 Å². The minimum atomic E-state index is 0.606. The maximum Gasteiger partial charge on any atom is 0.235 e. The fourth-order valence-corrected chi connectivity index (χ4v) is 1.67. The van der Waals surface area contributed by atoms with Gasteiger partial charge in [0.25, 0.3) is 0 Å². The number of rotatable bonds is 1. The van der Waals surface area contributed by atoms with Crippen LogP contribution < -0.4 is 0 Å². The minimum Gasteiger partial charge on any atom is -0.378 e. The first kappa shape index (κ1) is 11.9. The van der Waals surface area contributed by atoms with E-state index in [0.29, 0.717) is 19.2 Å². The molecule has 0 aliphatic carbocycles. The number of thiocarbonyl (C=S) groups is 1. The van der Waals surface area contributed by atoms with E-state index in [4.69, 9.17) is 4.74 Å². The molecular formula is C12H13N3OS. The van der Waals surface area contributed by atoms with Gasteiger partial charge in [-0.15, -0.1) is 0 Å². The fourth-order valence-electron chi connectivity index (χ4n) is 1.59. The van der Waals surface area contributed by atoms with Gasteiger partial charge >= 0.3 is 0 Å². The van der Waals surface area contributed by atoms with E-state index < -0.39 is 0 Å². The Balaban J connectivity index is 2.22. The normalized spacial score (nSPS) is 16.5. The van der Waals surface area contributed by atoms with Crippen LogP contribution in [0.3, 0.4) is 0 Å². The first-order chi connectivity index (χ1) is 8.40. The highest BCUT2D eigenvalue weighted by Crippen LogP contribution is 2.12. The van der Waals surface area contributed by atoms with Gasteiger partial charge in [-0.25, -0.2) is 4.99 Å². The summed E-state index contributed by atoms with van der Waals surface area (Å²) in [5, 5.41) is 2.38. The molecule has 1 aromatic rings. The molecule has 4 nitrogen and oxygen atoms in total.